The quantitative estimate of drug-likeness (QED) is 0.419. The maximum Gasteiger partial charge on any atom is 0.283 e. The second-order valence-corrected chi connectivity index (χ2v) is 13.6. The summed E-state index contributed by atoms with van der Waals surface area (Å²) in [5.41, 5.74) is 1.88. The lowest BCUT2D eigenvalue weighted by Gasteiger charge is -2.26. The van der Waals surface area contributed by atoms with Gasteiger partial charge in [0.05, 0.1) is 21.8 Å². The molecule has 0 saturated carbocycles. The zero-order valence-electron chi connectivity index (χ0n) is 18.1. The summed E-state index contributed by atoms with van der Waals surface area (Å²) in [6, 6.07) is 10.2. The molecule has 1 atom stereocenters. The van der Waals surface area contributed by atoms with Gasteiger partial charge in [-0.05, 0) is 60.5 Å². The van der Waals surface area contributed by atoms with E-state index in [9.17, 15) is 25.9 Å². The van der Waals surface area contributed by atoms with Gasteiger partial charge in [-0.2, -0.15) is 8.42 Å². The highest BCUT2D eigenvalue weighted by Crippen LogP contribution is 2.48. The molecule has 2 aliphatic heterocycles. The van der Waals surface area contributed by atoms with E-state index in [0.29, 0.717) is 32.9 Å². The van der Waals surface area contributed by atoms with Crippen molar-refractivity contribution in [3.05, 3.63) is 69.2 Å². The van der Waals surface area contributed by atoms with Crippen LogP contribution in [0.2, 0.25) is 10.0 Å². The van der Waals surface area contributed by atoms with Gasteiger partial charge in [0.15, 0.2) is 5.88 Å². The van der Waals surface area contributed by atoms with Gasteiger partial charge in [0.2, 0.25) is 0 Å². The van der Waals surface area contributed by atoms with Crippen molar-refractivity contribution in [2.24, 2.45) is 0 Å². The summed E-state index contributed by atoms with van der Waals surface area (Å²) in [4.78, 5) is 4.50. The number of thioether (sulfide) groups is 2. The molecule has 2 aliphatic rings. The van der Waals surface area contributed by atoms with Gasteiger partial charge >= 0.3 is 0 Å². The largest absolute Gasteiger partial charge is 0.747 e. The maximum atomic E-state index is 11.7. The Bertz CT molecular complexity index is 1440. The third kappa shape index (κ3) is 6.50. The Morgan fingerprint density at radius 2 is 1.69 bits per heavy atom. The number of halogens is 2. The second-order valence-electron chi connectivity index (χ2n) is 7.71. The van der Waals surface area contributed by atoms with Gasteiger partial charge in [-0.25, -0.2) is 8.42 Å². The lowest BCUT2D eigenvalue weighted by molar-refractivity contribution is 0.461. The molecule has 0 aliphatic carbocycles. The first kappa shape index (κ1) is 26.7. The van der Waals surface area contributed by atoms with Gasteiger partial charge < -0.3 is 14.4 Å². The fourth-order valence-electron chi connectivity index (χ4n) is 3.67. The Kier molecular flexibility index (Phi) is 7.75. The van der Waals surface area contributed by atoms with Crippen molar-refractivity contribution < 1.29 is 25.9 Å². The minimum absolute atomic E-state index is 0.416. The summed E-state index contributed by atoms with van der Waals surface area (Å²) in [5.74, 6) is -1.38. The Labute approximate surface area is 222 Å². The van der Waals surface area contributed by atoms with Crippen LogP contribution in [0.1, 0.15) is 13.3 Å². The van der Waals surface area contributed by atoms with E-state index in [1.165, 1.54) is 33.3 Å². The number of allylic oxidation sites excluding steroid dienone is 2. The van der Waals surface area contributed by atoms with Crippen molar-refractivity contribution in [3.8, 4) is 0 Å². The molecule has 1 N–H and O–H groups in total. The number of fused-ring (bicyclic) bond motifs is 2. The van der Waals surface area contributed by atoms with Crippen LogP contribution in [-0.2, 0) is 20.2 Å². The summed E-state index contributed by atoms with van der Waals surface area (Å²) in [6.07, 6.45) is 4.15. The zero-order valence-corrected chi connectivity index (χ0v) is 22.9. The molecule has 14 heteroatoms. The SMILES string of the molecule is CCC(/C=C1\Sc2ccc(Cl)cc2N1CS(=O)(=O)O)=C\C1Sc2ccc(Cl)cc2N1CS(=O)(=O)[O-]. The van der Waals surface area contributed by atoms with Gasteiger partial charge in [0.25, 0.3) is 10.1 Å². The smallest absolute Gasteiger partial charge is 0.283 e. The first-order chi connectivity index (χ1) is 16.3. The Morgan fingerprint density at radius 1 is 1.06 bits per heavy atom. The molecule has 2 aromatic rings. The Balaban J connectivity index is 1.72. The topological polar surface area (TPSA) is 118 Å². The molecule has 0 saturated heterocycles. The highest BCUT2D eigenvalue weighted by molar-refractivity contribution is 8.03. The summed E-state index contributed by atoms with van der Waals surface area (Å²) >= 11 is 14.9. The van der Waals surface area contributed by atoms with Crippen LogP contribution in [0.4, 0.5) is 11.4 Å². The van der Waals surface area contributed by atoms with Crippen molar-refractivity contribution in [1.29, 1.82) is 0 Å². The van der Waals surface area contributed by atoms with Crippen LogP contribution in [0.5, 0.6) is 0 Å². The summed E-state index contributed by atoms with van der Waals surface area (Å²) in [7, 11) is -8.92. The number of anilines is 2. The number of nitrogens with zero attached hydrogens (tertiary/aromatic N) is 2. The van der Waals surface area contributed by atoms with E-state index in [1.54, 1.807) is 42.5 Å². The molecule has 0 amide bonds. The van der Waals surface area contributed by atoms with Crippen LogP contribution in [0.3, 0.4) is 0 Å². The first-order valence-corrected chi connectivity index (χ1v) is 15.8. The van der Waals surface area contributed by atoms with E-state index < -0.39 is 37.4 Å². The Hall–Kier alpha value is -1.38. The Morgan fingerprint density at radius 3 is 2.29 bits per heavy atom. The zero-order chi connectivity index (χ0) is 25.5. The van der Waals surface area contributed by atoms with Crippen LogP contribution >= 0.6 is 46.7 Å². The van der Waals surface area contributed by atoms with Crippen LogP contribution < -0.4 is 9.80 Å². The number of hydrogen-bond acceptors (Lipinski definition) is 9. The minimum Gasteiger partial charge on any atom is -0.747 e. The van der Waals surface area contributed by atoms with Gasteiger partial charge in [0.1, 0.15) is 16.0 Å². The molecule has 2 heterocycles. The molecule has 8 nitrogen and oxygen atoms in total. The van der Waals surface area contributed by atoms with E-state index in [0.717, 1.165) is 15.4 Å². The van der Waals surface area contributed by atoms with Crippen molar-refractivity contribution in [3.63, 3.8) is 0 Å². The van der Waals surface area contributed by atoms with Gasteiger partial charge in [-0.3, -0.25) is 4.55 Å². The standard InChI is InChI=1S/C21H20Cl2N2O6S4/c1-2-13(7-20-24(11-34(26,27)28)16-9-14(22)3-5-18(16)32-20)8-21-25(12-35(29,30)31)17-10-15(23)4-6-19(17)33-21/h3-10,20H,2,11-12H2,1H3,(H,26,27,28)(H,29,30,31)/p-1/b13-7+,21-8-. The highest BCUT2D eigenvalue weighted by Gasteiger charge is 2.32. The monoisotopic (exact) mass is 593 g/mol. The van der Waals surface area contributed by atoms with Crippen molar-refractivity contribution in [2.45, 2.75) is 28.5 Å². The average Bonchev–Trinajstić information content (AvgIpc) is 3.23. The summed E-state index contributed by atoms with van der Waals surface area (Å²) < 4.78 is 67.8. The van der Waals surface area contributed by atoms with Gasteiger partial charge in [0, 0.05) is 19.8 Å². The van der Waals surface area contributed by atoms with E-state index in [4.69, 9.17) is 23.2 Å². The fraction of sp³-hybridized carbons (Fsp3) is 0.238. The maximum absolute atomic E-state index is 11.7. The highest BCUT2D eigenvalue weighted by atomic mass is 35.5. The first-order valence-electron chi connectivity index (χ1n) is 10.1. The molecule has 188 valence electrons. The number of hydrogen-bond donors (Lipinski definition) is 1. The summed E-state index contributed by atoms with van der Waals surface area (Å²) in [6.45, 7) is 1.90. The molecule has 0 fully saturated rings. The van der Waals surface area contributed by atoms with Crippen molar-refractivity contribution in [2.75, 3.05) is 21.6 Å². The predicted octanol–water partition coefficient (Wildman–Crippen LogP) is 5.37. The van der Waals surface area contributed by atoms with Crippen molar-refractivity contribution in [1.82, 2.24) is 0 Å². The summed E-state index contributed by atoms with van der Waals surface area (Å²) in [5, 5.41) is 0.891. The average molecular weight is 595 g/mol. The molecule has 0 aromatic heterocycles. The molecule has 1 unspecified atom stereocenters. The molecule has 0 spiro atoms. The second kappa shape index (κ2) is 10.2. The van der Waals surface area contributed by atoms with Crippen LogP contribution in [-0.4, -0.2) is 43.1 Å². The normalized spacial score (nSPS) is 19.4. The third-order valence-electron chi connectivity index (χ3n) is 5.14. The molecule has 0 bridgehead atoms. The molecular weight excluding hydrogens is 575 g/mol. The fourth-order valence-corrected chi connectivity index (χ4v) is 7.80. The minimum atomic E-state index is -4.57. The van der Waals surface area contributed by atoms with Crippen LogP contribution in [0.25, 0.3) is 0 Å². The lowest BCUT2D eigenvalue weighted by atomic mass is 10.1. The molecule has 0 radical (unpaired) electrons. The third-order valence-corrected chi connectivity index (χ3v) is 9.13. The van der Waals surface area contributed by atoms with E-state index in [-0.39, 0.29) is 0 Å². The van der Waals surface area contributed by atoms with E-state index in [1.807, 2.05) is 13.0 Å². The number of benzene rings is 2. The van der Waals surface area contributed by atoms with Gasteiger partial charge in [-0.15, -0.1) is 0 Å². The van der Waals surface area contributed by atoms with Crippen molar-refractivity contribution >= 4 is 78.3 Å². The molecule has 4 rings (SSSR count). The molecular formula is C21H19Cl2N2O6S4-. The van der Waals surface area contributed by atoms with Crippen LogP contribution in [0.15, 0.2) is 68.9 Å². The molecule has 2 aromatic carbocycles. The predicted molar refractivity (Wildman–Crippen MR) is 141 cm³/mol. The van der Waals surface area contributed by atoms with E-state index in [2.05, 4.69) is 0 Å². The van der Waals surface area contributed by atoms with E-state index >= 15 is 0 Å². The lowest BCUT2D eigenvalue weighted by Crippen LogP contribution is -2.33. The number of rotatable bonds is 7. The molecule has 35 heavy (non-hydrogen) atoms. The van der Waals surface area contributed by atoms with Gasteiger partial charge in [-0.1, -0.05) is 53.6 Å². The van der Waals surface area contributed by atoms with Crippen LogP contribution in [0, 0.1) is 0 Å².